The van der Waals surface area contributed by atoms with Crippen molar-refractivity contribution in [3.8, 4) is 17.0 Å². The molecular formula is C33H32Cl2N2O3. The molecule has 0 saturated heterocycles. The van der Waals surface area contributed by atoms with E-state index >= 15 is 0 Å². The van der Waals surface area contributed by atoms with Crippen LogP contribution in [0.15, 0.2) is 60.7 Å². The number of benzene rings is 3. The third-order valence-electron chi connectivity index (χ3n) is 7.63. The molecule has 0 bridgehead atoms. The number of aromatic nitrogens is 1. The van der Waals surface area contributed by atoms with E-state index in [-0.39, 0.29) is 17.7 Å². The van der Waals surface area contributed by atoms with Crippen LogP contribution in [0.4, 0.5) is 5.69 Å². The molecule has 40 heavy (non-hydrogen) atoms. The van der Waals surface area contributed by atoms with E-state index in [1.54, 1.807) is 13.2 Å². The van der Waals surface area contributed by atoms with Crippen molar-refractivity contribution in [2.45, 2.75) is 53.1 Å². The summed E-state index contributed by atoms with van der Waals surface area (Å²) < 4.78 is 7.94. The maximum absolute atomic E-state index is 14.4. The minimum absolute atomic E-state index is 0.00250. The fourth-order valence-electron chi connectivity index (χ4n) is 5.73. The SMILES string of the molecule is CCC(=O)c1ccc(OC)c(-c2cc3c(n2C(C)C)[C@H](c2ccc(Cl)cc2C)N(c2cc(Cl)ccc2C)C3=O)c1. The Morgan fingerprint density at radius 3 is 2.27 bits per heavy atom. The summed E-state index contributed by atoms with van der Waals surface area (Å²) in [4.78, 5) is 28.9. The first kappa shape index (κ1) is 28.0. The zero-order chi connectivity index (χ0) is 28.9. The number of aryl methyl sites for hydroxylation is 2. The molecule has 0 spiro atoms. The zero-order valence-corrected chi connectivity index (χ0v) is 25.0. The van der Waals surface area contributed by atoms with Crippen LogP contribution in [-0.2, 0) is 0 Å². The maximum Gasteiger partial charge on any atom is 0.261 e. The molecule has 0 fully saturated rings. The van der Waals surface area contributed by atoms with E-state index in [4.69, 9.17) is 27.9 Å². The molecule has 0 unspecified atom stereocenters. The van der Waals surface area contributed by atoms with Crippen molar-refractivity contribution in [1.82, 2.24) is 4.57 Å². The molecule has 5 rings (SSSR count). The van der Waals surface area contributed by atoms with Crippen LogP contribution in [0.5, 0.6) is 5.75 Å². The van der Waals surface area contributed by atoms with Gasteiger partial charge in [-0.1, -0.05) is 42.3 Å². The average Bonchev–Trinajstić information content (AvgIpc) is 3.44. The van der Waals surface area contributed by atoms with E-state index in [1.165, 1.54) is 0 Å². The summed E-state index contributed by atoms with van der Waals surface area (Å²) in [6.45, 7) is 10.0. The Morgan fingerprint density at radius 1 is 0.925 bits per heavy atom. The van der Waals surface area contributed by atoms with Gasteiger partial charge in [0.25, 0.3) is 5.91 Å². The van der Waals surface area contributed by atoms with Gasteiger partial charge < -0.3 is 9.30 Å². The Morgan fingerprint density at radius 2 is 1.62 bits per heavy atom. The standard InChI is InChI=1S/C33H32Cl2N2O3/c1-7-29(38)21-9-13-30(40-6)25(15-21)28-17-26-32(36(28)18(2)3)31(24-12-11-22(34)14-20(24)5)37(33(26)39)27-16-23(35)10-8-19(27)4/h8-18,31H,7H2,1-6H3/t31-/m0/s1. The molecule has 5 nitrogen and oxygen atoms in total. The monoisotopic (exact) mass is 574 g/mol. The van der Waals surface area contributed by atoms with Crippen LogP contribution in [0.1, 0.15) is 82.4 Å². The highest BCUT2D eigenvalue weighted by molar-refractivity contribution is 6.31. The minimum Gasteiger partial charge on any atom is -0.496 e. The third kappa shape index (κ3) is 4.61. The number of rotatable bonds is 7. The van der Waals surface area contributed by atoms with E-state index in [2.05, 4.69) is 18.4 Å². The lowest BCUT2D eigenvalue weighted by Crippen LogP contribution is -2.31. The van der Waals surface area contributed by atoms with Crippen LogP contribution in [0.3, 0.4) is 0 Å². The Labute approximate surface area is 245 Å². The second-order valence-electron chi connectivity index (χ2n) is 10.5. The van der Waals surface area contributed by atoms with Gasteiger partial charge in [-0.05, 0) is 92.9 Å². The molecule has 2 heterocycles. The summed E-state index contributed by atoms with van der Waals surface area (Å²) in [6, 6.07) is 18.4. The van der Waals surface area contributed by atoms with Crippen LogP contribution >= 0.6 is 23.2 Å². The lowest BCUT2D eigenvalue weighted by atomic mass is 9.97. The summed E-state index contributed by atoms with van der Waals surface area (Å²) in [5.41, 5.74) is 7.37. The number of fused-ring (bicyclic) bond motifs is 1. The Balaban J connectivity index is 1.83. The number of Topliss-reactive ketones (excluding diaryl/α,β-unsaturated/α-hetero) is 1. The van der Waals surface area contributed by atoms with Gasteiger partial charge in [0.1, 0.15) is 11.8 Å². The average molecular weight is 576 g/mol. The van der Waals surface area contributed by atoms with Gasteiger partial charge in [-0.3, -0.25) is 14.5 Å². The first-order chi connectivity index (χ1) is 19.1. The number of methoxy groups -OCH3 is 1. The second-order valence-corrected chi connectivity index (χ2v) is 11.4. The summed E-state index contributed by atoms with van der Waals surface area (Å²) in [5.74, 6) is 0.576. The molecule has 0 N–H and O–H groups in total. The molecule has 7 heteroatoms. The Bertz CT molecular complexity index is 1650. The molecule has 206 valence electrons. The molecule has 4 aromatic rings. The molecule has 0 saturated carbocycles. The number of amides is 1. The molecule has 1 aromatic heterocycles. The number of hydrogen-bond donors (Lipinski definition) is 0. The van der Waals surface area contributed by atoms with Gasteiger partial charge in [-0.15, -0.1) is 0 Å². The highest BCUT2D eigenvalue weighted by atomic mass is 35.5. The van der Waals surface area contributed by atoms with Crippen molar-refractivity contribution in [3.05, 3.63) is 104 Å². The smallest absolute Gasteiger partial charge is 0.261 e. The highest BCUT2D eigenvalue weighted by Gasteiger charge is 2.44. The van der Waals surface area contributed by atoms with Gasteiger partial charge in [0, 0.05) is 39.3 Å². The Kier molecular flexibility index (Phi) is 7.56. The molecule has 0 radical (unpaired) electrons. The number of nitrogens with zero attached hydrogens (tertiary/aromatic N) is 2. The largest absolute Gasteiger partial charge is 0.496 e. The predicted octanol–water partition coefficient (Wildman–Crippen LogP) is 9.01. The van der Waals surface area contributed by atoms with Gasteiger partial charge in [-0.25, -0.2) is 0 Å². The van der Waals surface area contributed by atoms with E-state index in [9.17, 15) is 9.59 Å². The van der Waals surface area contributed by atoms with Crippen molar-refractivity contribution in [3.63, 3.8) is 0 Å². The predicted molar refractivity (Wildman–Crippen MR) is 162 cm³/mol. The van der Waals surface area contributed by atoms with Crippen LogP contribution < -0.4 is 9.64 Å². The highest BCUT2D eigenvalue weighted by Crippen LogP contribution is 2.49. The fraction of sp³-hybridized carbons (Fsp3) is 0.273. The van der Waals surface area contributed by atoms with Crippen molar-refractivity contribution in [2.75, 3.05) is 12.0 Å². The summed E-state index contributed by atoms with van der Waals surface area (Å²) >= 11 is 12.8. The summed E-state index contributed by atoms with van der Waals surface area (Å²) in [5, 5.41) is 1.20. The number of ether oxygens (including phenoxy) is 1. The van der Waals surface area contributed by atoms with Crippen molar-refractivity contribution < 1.29 is 14.3 Å². The molecule has 0 aliphatic carbocycles. The van der Waals surface area contributed by atoms with E-state index in [1.807, 2.05) is 80.3 Å². The van der Waals surface area contributed by atoms with Gasteiger partial charge in [0.2, 0.25) is 0 Å². The molecule has 1 atom stereocenters. The molecule has 1 amide bonds. The molecule has 1 aliphatic heterocycles. The first-order valence-corrected chi connectivity index (χ1v) is 14.1. The van der Waals surface area contributed by atoms with E-state index in [0.717, 1.165) is 39.3 Å². The quantitative estimate of drug-likeness (QED) is 0.207. The fourth-order valence-corrected chi connectivity index (χ4v) is 6.12. The Hall–Kier alpha value is -3.54. The molecular weight excluding hydrogens is 543 g/mol. The number of carbonyl (C=O) groups excluding carboxylic acids is 2. The number of carbonyl (C=O) groups is 2. The number of halogens is 2. The van der Waals surface area contributed by atoms with Crippen molar-refractivity contribution in [1.29, 1.82) is 0 Å². The van der Waals surface area contributed by atoms with Crippen LogP contribution in [-0.4, -0.2) is 23.4 Å². The van der Waals surface area contributed by atoms with E-state index in [0.29, 0.717) is 33.3 Å². The second kappa shape index (κ2) is 10.8. The third-order valence-corrected chi connectivity index (χ3v) is 8.10. The first-order valence-electron chi connectivity index (χ1n) is 13.4. The molecule has 3 aromatic carbocycles. The number of anilines is 1. The maximum atomic E-state index is 14.4. The van der Waals surface area contributed by atoms with Crippen LogP contribution in [0.25, 0.3) is 11.3 Å². The van der Waals surface area contributed by atoms with Gasteiger partial charge in [0.15, 0.2) is 5.78 Å². The van der Waals surface area contributed by atoms with Gasteiger partial charge in [0.05, 0.1) is 24.1 Å². The van der Waals surface area contributed by atoms with Crippen LogP contribution in [0, 0.1) is 13.8 Å². The molecule has 1 aliphatic rings. The van der Waals surface area contributed by atoms with Crippen molar-refractivity contribution >= 4 is 40.6 Å². The normalized spacial score (nSPS) is 14.7. The van der Waals surface area contributed by atoms with Crippen LogP contribution in [0.2, 0.25) is 10.0 Å². The number of ketones is 1. The minimum atomic E-state index is -0.417. The summed E-state index contributed by atoms with van der Waals surface area (Å²) in [6.07, 6.45) is 0.401. The lowest BCUT2D eigenvalue weighted by Gasteiger charge is -2.31. The topological polar surface area (TPSA) is 51.5 Å². The van der Waals surface area contributed by atoms with Crippen molar-refractivity contribution in [2.24, 2.45) is 0 Å². The number of hydrogen-bond acceptors (Lipinski definition) is 3. The summed E-state index contributed by atoms with van der Waals surface area (Å²) in [7, 11) is 1.62. The van der Waals surface area contributed by atoms with E-state index < -0.39 is 6.04 Å². The zero-order valence-electron chi connectivity index (χ0n) is 23.5. The van der Waals surface area contributed by atoms with Gasteiger partial charge >= 0.3 is 0 Å². The van der Waals surface area contributed by atoms with Gasteiger partial charge in [-0.2, -0.15) is 0 Å². The lowest BCUT2D eigenvalue weighted by molar-refractivity contribution is 0.0982.